The number of carbonyl (C=O) groups is 1. The number of rotatable bonds is 2. The maximum absolute atomic E-state index is 12.5. The molecule has 4 rings (SSSR count). The van der Waals surface area contributed by atoms with Crippen LogP contribution in [0.15, 0.2) is 0 Å². The summed E-state index contributed by atoms with van der Waals surface area (Å²) in [6, 6.07) is 0. The molecular weight excluding hydrogens is 290 g/mol. The van der Waals surface area contributed by atoms with Gasteiger partial charge in [-0.15, -0.1) is 0 Å². The standard InChI is InChI=1S/C18H25N3O2/c1-12-19-15-8-4-3-7-14(15)16(20-12)21-10-13-6-5-9-18(13,11-21)17(22)23-2/h13H,3-11H2,1-2H3. The van der Waals surface area contributed by atoms with Crippen LogP contribution in [-0.2, 0) is 22.4 Å². The van der Waals surface area contributed by atoms with E-state index in [0.29, 0.717) is 5.92 Å². The van der Waals surface area contributed by atoms with Crippen LogP contribution in [0, 0.1) is 18.3 Å². The van der Waals surface area contributed by atoms with Crippen molar-refractivity contribution in [1.82, 2.24) is 9.97 Å². The van der Waals surface area contributed by atoms with E-state index < -0.39 is 0 Å². The SMILES string of the molecule is COC(=O)C12CCCC1CN(c1nc(C)nc3c1CCCC3)C2. The molecule has 5 nitrogen and oxygen atoms in total. The maximum Gasteiger partial charge on any atom is 0.313 e. The molecule has 1 saturated heterocycles. The average Bonchev–Trinajstić information content (AvgIpc) is 3.11. The first-order valence-corrected chi connectivity index (χ1v) is 8.84. The Kier molecular flexibility index (Phi) is 3.54. The van der Waals surface area contributed by atoms with Crippen molar-refractivity contribution in [3.63, 3.8) is 0 Å². The maximum atomic E-state index is 12.5. The summed E-state index contributed by atoms with van der Waals surface area (Å²) < 4.78 is 5.16. The zero-order valence-corrected chi connectivity index (χ0v) is 14.1. The predicted molar refractivity (Wildman–Crippen MR) is 87.4 cm³/mol. The van der Waals surface area contributed by atoms with Crippen LogP contribution in [-0.4, -0.2) is 36.1 Å². The molecule has 0 N–H and O–H groups in total. The molecule has 1 aromatic heterocycles. The Bertz CT molecular complexity index is 645. The van der Waals surface area contributed by atoms with E-state index in [1.54, 1.807) is 0 Å². The minimum Gasteiger partial charge on any atom is -0.469 e. The lowest BCUT2D eigenvalue weighted by molar-refractivity contribution is -0.152. The quantitative estimate of drug-likeness (QED) is 0.785. The molecule has 2 unspecified atom stereocenters. The Labute approximate surface area is 137 Å². The van der Waals surface area contributed by atoms with Gasteiger partial charge in [0.25, 0.3) is 0 Å². The summed E-state index contributed by atoms with van der Waals surface area (Å²) in [6.07, 6.45) is 7.77. The van der Waals surface area contributed by atoms with Crippen molar-refractivity contribution >= 4 is 11.8 Å². The van der Waals surface area contributed by atoms with Gasteiger partial charge in [0.05, 0.1) is 12.5 Å². The van der Waals surface area contributed by atoms with E-state index in [0.717, 1.165) is 56.8 Å². The number of fused-ring (bicyclic) bond motifs is 2. The van der Waals surface area contributed by atoms with Gasteiger partial charge in [-0.25, -0.2) is 9.97 Å². The molecule has 124 valence electrons. The van der Waals surface area contributed by atoms with Crippen molar-refractivity contribution in [2.24, 2.45) is 11.3 Å². The number of hydrogen-bond acceptors (Lipinski definition) is 5. The second kappa shape index (κ2) is 5.46. The third-order valence-corrected chi connectivity index (χ3v) is 6.04. The number of anilines is 1. The molecule has 1 aromatic rings. The molecular formula is C18H25N3O2. The van der Waals surface area contributed by atoms with E-state index in [4.69, 9.17) is 9.72 Å². The van der Waals surface area contributed by atoms with Gasteiger partial charge in [0.15, 0.2) is 0 Å². The average molecular weight is 315 g/mol. The Balaban J connectivity index is 1.71. The lowest BCUT2D eigenvalue weighted by Gasteiger charge is -2.28. The van der Waals surface area contributed by atoms with Gasteiger partial charge in [0.2, 0.25) is 0 Å². The molecule has 2 fully saturated rings. The highest BCUT2D eigenvalue weighted by Gasteiger charge is 2.56. The number of methoxy groups -OCH3 is 1. The molecule has 0 aromatic carbocycles. The van der Waals surface area contributed by atoms with Crippen LogP contribution >= 0.6 is 0 Å². The van der Waals surface area contributed by atoms with Crippen molar-refractivity contribution in [2.75, 3.05) is 25.1 Å². The van der Waals surface area contributed by atoms with E-state index in [1.807, 2.05) is 6.92 Å². The van der Waals surface area contributed by atoms with Crippen molar-refractivity contribution in [3.8, 4) is 0 Å². The number of aromatic nitrogens is 2. The predicted octanol–water partition coefficient (Wildman–Crippen LogP) is 2.44. The largest absolute Gasteiger partial charge is 0.469 e. The monoisotopic (exact) mass is 315 g/mol. The van der Waals surface area contributed by atoms with Crippen molar-refractivity contribution in [3.05, 3.63) is 17.1 Å². The molecule has 3 aliphatic rings. The summed E-state index contributed by atoms with van der Waals surface area (Å²) in [6.45, 7) is 3.66. The second-order valence-electron chi connectivity index (χ2n) is 7.34. The van der Waals surface area contributed by atoms with Gasteiger partial charge in [0, 0.05) is 24.3 Å². The molecule has 2 atom stereocenters. The van der Waals surface area contributed by atoms with Crippen molar-refractivity contribution in [1.29, 1.82) is 0 Å². The summed E-state index contributed by atoms with van der Waals surface area (Å²) in [4.78, 5) is 24.2. The van der Waals surface area contributed by atoms with Crippen LogP contribution in [0.3, 0.4) is 0 Å². The molecule has 0 radical (unpaired) electrons. The Morgan fingerprint density at radius 1 is 1.26 bits per heavy atom. The summed E-state index contributed by atoms with van der Waals surface area (Å²) in [7, 11) is 1.52. The zero-order chi connectivity index (χ0) is 16.0. The fraction of sp³-hybridized carbons (Fsp3) is 0.722. The van der Waals surface area contributed by atoms with E-state index in [2.05, 4.69) is 9.88 Å². The first-order valence-electron chi connectivity index (χ1n) is 8.84. The molecule has 0 amide bonds. The smallest absolute Gasteiger partial charge is 0.313 e. The second-order valence-corrected chi connectivity index (χ2v) is 7.34. The number of carbonyl (C=O) groups excluding carboxylic acids is 1. The third-order valence-electron chi connectivity index (χ3n) is 6.04. The van der Waals surface area contributed by atoms with Gasteiger partial charge >= 0.3 is 5.97 Å². The van der Waals surface area contributed by atoms with Gasteiger partial charge < -0.3 is 9.64 Å². The first-order chi connectivity index (χ1) is 11.1. The van der Waals surface area contributed by atoms with Crippen LogP contribution < -0.4 is 4.90 Å². The highest BCUT2D eigenvalue weighted by Crippen LogP contribution is 2.50. The molecule has 5 heteroatoms. The molecule has 2 heterocycles. The van der Waals surface area contributed by atoms with Crippen LogP contribution in [0.2, 0.25) is 0 Å². The third kappa shape index (κ3) is 2.24. The van der Waals surface area contributed by atoms with Crippen LogP contribution in [0.4, 0.5) is 5.82 Å². The fourth-order valence-electron chi connectivity index (χ4n) is 4.94. The molecule has 2 aliphatic carbocycles. The minimum absolute atomic E-state index is 0.0258. The molecule has 23 heavy (non-hydrogen) atoms. The van der Waals surface area contributed by atoms with Crippen molar-refractivity contribution < 1.29 is 9.53 Å². The van der Waals surface area contributed by atoms with E-state index in [1.165, 1.54) is 31.2 Å². The van der Waals surface area contributed by atoms with Gasteiger partial charge in [-0.1, -0.05) is 6.42 Å². The molecule has 1 aliphatic heterocycles. The number of hydrogen-bond donors (Lipinski definition) is 0. The Morgan fingerprint density at radius 3 is 2.91 bits per heavy atom. The normalized spacial score (nSPS) is 29.3. The number of nitrogens with zero attached hydrogens (tertiary/aromatic N) is 3. The highest BCUT2D eigenvalue weighted by molar-refractivity contribution is 5.79. The lowest BCUT2D eigenvalue weighted by atomic mass is 9.81. The lowest BCUT2D eigenvalue weighted by Crippen LogP contribution is -2.37. The summed E-state index contributed by atoms with van der Waals surface area (Å²) in [5, 5.41) is 0. The van der Waals surface area contributed by atoms with Crippen LogP contribution in [0.5, 0.6) is 0 Å². The summed E-state index contributed by atoms with van der Waals surface area (Å²) >= 11 is 0. The minimum atomic E-state index is -0.310. The van der Waals surface area contributed by atoms with Gasteiger partial charge in [-0.05, 0) is 51.4 Å². The first kappa shape index (κ1) is 14.9. The summed E-state index contributed by atoms with van der Waals surface area (Å²) in [5.41, 5.74) is 2.24. The highest BCUT2D eigenvalue weighted by atomic mass is 16.5. The fourth-order valence-corrected chi connectivity index (χ4v) is 4.94. The zero-order valence-electron chi connectivity index (χ0n) is 14.1. The summed E-state index contributed by atoms with van der Waals surface area (Å²) in [5.74, 6) is 2.32. The van der Waals surface area contributed by atoms with Gasteiger partial charge in [-0.2, -0.15) is 0 Å². The van der Waals surface area contributed by atoms with E-state index in [9.17, 15) is 4.79 Å². The van der Waals surface area contributed by atoms with Gasteiger partial charge in [0.1, 0.15) is 11.6 Å². The Hall–Kier alpha value is -1.65. The number of esters is 1. The van der Waals surface area contributed by atoms with Crippen LogP contribution in [0.25, 0.3) is 0 Å². The van der Waals surface area contributed by atoms with Gasteiger partial charge in [-0.3, -0.25) is 4.79 Å². The van der Waals surface area contributed by atoms with E-state index in [-0.39, 0.29) is 11.4 Å². The Morgan fingerprint density at radius 2 is 2.09 bits per heavy atom. The van der Waals surface area contributed by atoms with E-state index >= 15 is 0 Å². The topological polar surface area (TPSA) is 55.3 Å². The molecule has 0 bridgehead atoms. The molecule has 1 saturated carbocycles. The van der Waals surface area contributed by atoms with Crippen molar-refractivity contribution in [2.45, 2.75) is 51.9 Å². The van der Waals surface area contributed by atoms with Crippen LogP contribution in [0.1, 0.15) is 49.2 Å². The molecule has 0 spiro atoms. The number of ether oxygens (including phenoxy) is 1. The number of aryl methyl sites for hydroxylation is 2.